The first-order chi connectivity index (χ1) is 13.4. The number of halogens is 2. The van der Waals surface area contributed by atoms with Crippen LogP contribution in [0, 0.1) is 11.7 Å². The van der Waals surface area contributed by atoms with Crippen LogP contribution in [0.3, 0.4) is 0 Å². The molecule has 0 amide bonds. The summed E-state index contributed by atoms with van der Waals surface area (Å²) in [6.07, 6.45) is 3.29. The number of rotatable bonds is 3. The SMILES string of the molecule is CC1CCN(c2c(S(=O)(=O)c3cccc(Cl)c3)cnc3ccc(F)cc23)CC1. The van der Waals surface area contributed by atoms with Gasteiger partial charge in [-0.25, -0.2) is 12.8 Å². The number of hydrogen-bond acceptors (Lipinski definition) is 4. The van der Waals surface area contributed by atoms with Crippen LogP contribution in [0.4, 0.5) is 10.1 Å². The molecule has 146 valence electrons. The minimum atomic E-state index is -3.87. The van der Waals surface area contributed by atoms with Gasteiger partial charge in [0.1, 0.15) is 10.7 Å². The monoisotopic (exact) mass is 418 g/mol. The molecular formula is C21H20ClFN2O2S. The Bertz CT molecular complexity index is 1140. The normalized spacial score (nSPS) is 15.9. The van der Waals surface area contributed by atoms with E-state index in [1.807, 2.05) is 4.90 Å². The minimum absolute atomic E-state index is 0.0856. The highest BCUT2D eigenvalue weighted by molar-refractivity contribution is 7.91. The molecule has 0 radical (unpaired) electrons. The standard InChI is InChI=1S/C21H20ClFN2O2S/c1-14-7-9-25(10-8-14)21-18-12-16(23)5-6-19(18)24-13-20(21)28(26,27)17-4-2-3-15(22)11-17/h2-6,11-14H,7-10H2,1H3. The first-order valence-corrected chi connectivity index (χ1v) is 11.1. The second-order valence-electron chi connectivity index (χ2n) is 7.26. The van der Waals surface area contributed by atoms with Crippen molar-refractivity contribution in [2.24, 2.45) is 5.92 Å². The predicted molar refractivity (Wildman–Crippen MR) is 109 cm³/mol. The van der Waals surface area contributed by atoms with Gasteiger partial charge >= 0.3 is 0 Å². The molecule has 1 fully saturated rings. The summed E-state index contributed by atoms with van der Waals surface area (Å²) in [6, 6.07) is 10.5. The van der Waals surface area contributed by atoms with E-state index >= 15 is 0 Å². The Labute approximate surface area is 168 Å². The summed E-state index contributed by atoms with van der Waals surface area (Å²) < 4.78 is 40.9. The lowest BCUT2D eigenvalue weighted by atomic mass is 9.98. The zero-order chi connectivity index (χ0) is 19.9. The van der Waals surface area contributed by atoms with Gasteiger partial charge in [-0.2, -0.15) is 0 Å². The van der Waals surface area contributed by atoms with Crippen LogP contribution in [0.2, 0.25) is 5.02 Å². The van der Waals surface area contributed by atoms with Crippen LogP contribution in [0.15, 0.2) is 58.5 Å². The molecule has 0 atom stereocenters. The summed E-state index contributed by atoms with van der Waals surface area (Å²) in [4.78, 5) is 6.53. The first kappa shape index (κ1) is 19.2. The molecule has 0 aliphatic carbocycles. The van der Waals surface area contributed by atoms with Crippen LogP contribution >= 0.6 is 11.6 Å². The first-order valence-electron chi connectivity index (χ1n) is 9.20. The van der Waals surface area contributed by atoms with Gasteiger partial charge in [0.25, 0.3) is 0 Å². The van der Waals surface area contributed by atoms with Crippen LogP contribution in [0.1, 0.15) is 19.8 Å². The van der Waals surface area contributed by atoms with Crippen LogP contribution < -0.4 is 4.90 Å². The number of fused-ring (bicyclic) bond motifs is 1. The number of pyridine rings is 1. The van der Waals surface area contributed by atoms with Gasteiger partial charge in [-0.1, -0.05) is 24.6 Å². The average Bonchev–Trinajstić information content (AvgIpc) is 2.68. The van der Waals surface area contributed by atoms with E-state index in [1.54, 1.807) is 18.2 Å². The molecule has 1 aliphatic heterocycles. The van der Waals surface area contributed by atoms with Crippen molar-refractivity contribution in [1.82, 2.24) is 4.98 Å². The molecule has 1 aliphatic rings. The largest absolute Gasteiger partial charge is 0.370 e. The van der Waals surface area contributed by atoms with E-state index in [2.05, 4.69) is 11.9 Å². The Kier molecular flexibility index (Phi) is 5.02. The number of hydrogen-bond donors (Lipinski definition) is 0. The van der Waals surface area contributed by atoms with Crippen molar-refractivity contribution in [3.8, 4) is 0 Å². The van der Waals surface area contributed by atoms with Crippen molar-refractivity contribution in [3.05, 3.63) is 59.5 Å². The van der Waals surface area contributed by atoms with Crippen molar-refractivity contribution < 1.29 is 12.8 Å². The Morgan fingerprint density at radius 3 is 2.61 bits per heavy atom. The zero-order valence-corrected chi connectivity index (χ0v) is 17.0. The number of nitrogens with zero attached hydrogens (tertiary/aromatic N) is 2. The maximum atomic E-state index is 14.0. The highest BCUT2D eigenvalue weighted by Crippen LogP contribution is 2.38. The van der Waals surface area contributed by atoms with Crippen molar-refractivity contribution in [1.29, 1.82) is 0 Å². The van der Waals surface area contributed by atoms with Crippen molar-refractivity contribution in [2.45, 2.75) is 29.6 Å². The highest BCUT2D eigenvalue weighted by atomic mass is 35.5. The number of benzene rings is 2. The molecule has 2 aromatic carbocycles. The van der Waals surface area contributed by atoms with E-state index in [1.165, 1.54) is 30.5 Å². The van der Waals surface area contributed by atoms with Gasteiger partial charge in [-0.05, 0) is 55.2 Å². The zero-order valence-electron chi connectivity index (χ0n) is 15.4. The number of aromatic nitrogens is 1. The molecule has 28 heavy (non-hydrogen) atoms. The Morgan fingerprint density at radius 2 is 1.89 bits per heavy atom. The molecule has 1 aromatic heterocycles. The number of piperidine rings is 1. The lowest BCUT2D eigenvalue weighted by Gasteiger charge is -2.34. The molecule has 4 rings (SSSR count). The third-order valence-electron chi connectivity index (χ3n) is 5.26. The fraction of sp³-hybridized carbons (Fsp3) is 0.286. The molecule has 0 unspecified atom stereocenters. The number of anilines is 1. The predicted octanol–water partition coefficient (Wildman–Crippen LogP) is 5.10. The maximum absolute atomic E-state index is 14.0. The molecule has 0 saturated carbocycles. The van der Waals surface area contributed by atoms with E-state index < -0.39 is 15.7 Å². The minimum Gasteiger partial charge on any atom is -0.370 e. The van der Waals surface area contributed by atoms with Gasteiger partial charge in [-0.3, -0.25) is 4.98 Å². The lowest BCUT2D eigenvalue weighted by Crippen LogP contribution is -2.34. The van der Waals surface area contributed by atoms with Crippen molar-refractivity contribution in [2.75, 3.05) is 18.0 Å². The summed E-state index contributed by atoms with van der Waals surface area (Å²) in [5.74, 6) is 0.160. The second kappa shape index (κ2) is 7.33. The van der Waals surface area contributed by atoms with Gasteiger partial charge < -0.3 is 4.90 Å². The average molecular weight is 419 g/mol. The quantitative estimate of drug-likeness (QED) is 0.594. The second-order valence-corrected chi connectivity index (χ2v) is 9.62. The molecule has 0 N–H and O–H groups in total. The van der Waals surface area contributed by atoms with Gasteiger partial charge in [-0.15, -0.1) is 0 Å². The topological polar surface area (TPSA) is 50.3 Å². The fourth-order valence-electron chi connectivity index (χ4n) is 3.65. The van der Waals surface area contributed by atoms with Crippen LogP contribution in [0.5, 0.6) is 0 Å². The Balaban J connectivity index is 1.96. The molecule has 3 aromatic rings. The van der Waals surface area contributed by atoms with E-state index in [0.29, 0.717) is 27.5 Å². The maximum Gasteiger partial charge on any atom is 0.210 e. The summed E-state index contributed by atoms with van der Waals surface area (Å²) in [5.41, 5.74) is 1.09. The van der Waals surface area contributed by atoms with Gasteiger partial charge in [0.2, 0.25) is 9.84 Å². The lowest BCUT2D eigenvalue weighted by molar-refractivity contribution is 0.437. The van der Waals surface area contributed by atoms with Crippen molar-refractivity contribution >= 4 is 38.0 Å². The smallest absolute Gasteiger partial charge is 0.210 e. The summed E-state index contributed by atoms with van der Waals surface area (Å²) in [5, 5.41) is 0.854. The third kappa shape index (κ3) is 3.47. The van der Waals surface area contributed by atoms with E-state index in [4.69, 9.17) is 11.6 Å². The van der Waals surface area contributed by atoms with Crippen LogP contribution in [-0.4, -0.2) is 26.5 Å². The molecule has 1 saturated heterocycles. The van der Waals surface area contributed by atoms with Crippen LogP contribution in [-0.2, 0) is 9.84 Å². The van der Waals surface area contributed by atoms with Gasteiger partial charge in [0, 0.05) is 29.7 Å². The summed E-state index contributed by atoms with van der Waals surface area (Å²) in [6.45, 7) is 3.62. The third-order valence-corrected chi connectivity index (χ3v) is 7.25. The van der Waals surface area contributed by atoms with Gasteiger partial charge in [0.15, 0.2) is 0 Å². The summed E-state index contributed by atoms with van der Waals surface area (Å²) in [7, 11) is -3.87. The molecule has 4 nitrogen and oxygen atoms in total. The van der Waals surface area contributed by atoms with E-state index in [-0.39, 0.29) is 9.79 Å². The Morgan fingerprint density at radius 1 is 1.14 bits per heavy atom. The molecular weight excluding hydrogens is 399 g/mol. The van der Waals surface area contributed by atoms with E-state index in [9.17, 15) is 12.8 Å². The Hall–Kier alpha value is -2.18. The fourth-order valence-corrected chi connectivity index (χ4v) is 5.38. The number of sulfone groups is 1. The van der Waals surface area contributed by atoms with E-state index in [0.717, 1.165) is 25.9 Å². The molecule has 2 heterocycles. The summed E-state index contributed by atoms with van der Waals surface area (Å²) >= 11 is 6.02. The van der Waals surface area contributed by atoms with Crippen molar-refractivity contribution in [3.63, 3.8) is 0 Å². The highest BCUT2D eigenvalue weighted by Gasteiger charge is 2.28. The molecule has 0 bridgehead atoms. The van der Waals surface area contributed by atoms with Gasteiger partial charge in [0.05, 0.1) is 16.1 Å². The molecule has 7 heteroatoms. The van der Waals surface area contributed by atoms with Crippen LogP contribution in [0.25, 0.3) is 10.9 Å². The molecule has 0 spiro atoms.